The molecule has 3 heterocycles. The molecule has 0 spiro atoms. The van der Waals surface area contributed by atoms with Gasteiger partial charge in [-0.2, -0.15) is 0 Å². The molecule has 0 bridgehead atoms. The van der Waals surface area contributed by atoms with Crippen LogP contribution in [0.5, 0.6) is 0 Å². The van der Waals surface area contributed by atoms with E-state index in [1.54, 1.807) is 23.2 Å². The van der Waals surface area contributed by atoms with Crippen molar-refractivity contribution in [2.75, 3.05) is 9.80 Å². The number of anilines is 2. The van der Waals surface area contributed by atoms with Crippen molar-refractivity contribution in [1.29, 1.82) is 0 Å². The molecule has 0 N–H and O–H groups in total. The van der Waals surface area contributed by atoms with Gasteiger partial charge in [0.1, 0.15) is 5.69 Å². The first-order valence-electron chi connectivity index (χ1n) is 12.1. The molecule has 1 fully saturated rings. The lowest BCUT2D eigenvalue weighted by molar-refractivity contribution is -0.128. The van der Waals surface area contributed by atoms with Crippen LogP contribution >= 0.6 is 11.6 Å². The Bertz CT molecular complexity index is 1600. The predicted octanol–water partition coefficient (Wildman–Crippen LogP) is 4.64. The van der Waals surface area contributed by atoms with Gasteiger partial charge in [-0.1, -0.05) is 77.0 Å². The number of aromatic nitrogens is 3. The summed E-state index contributed by atoms with van der Waals surface area (Å²) in [5, 5.41) is 8.83. The molecule has 9 heteroatoms. The third kappa shape index (κ3) is 4.09. The van der Waals surface area contributed by atoms with E-state index in [1.165, 1.54) is 15.6 Å². The second-order valence-electron chi connectivity index (χ2n) is 9.32. The van der Waals surface area contributed by atoms with Gasteiger partial charge in [0.05, 0.1) is 30.0 Å². The average molecular weight is 524 g/mol. The molecule has 0 unspecified atom stereocenters. The molecular weight excluding hydrogens is 502 g/mol. The third-order valence-electron chi connectivity index (χ3n) is 6.81. The van der Waals surface area contributed by atoms with E-state index < -0.39 is 17.7 Å². The maximum absolute atomic E-state index is 13.4. The van der Waals surface area contributed by atoms with Crippen LogP contribution in [0.25, 0.3) is 6.08 Å². The molecular formula is C29H22ClN5O3. The van der Waals surface area contributed by atoms with E-state index in [0.717, 1.165) is 16.8 Å². The van der Waals surface area contributed by atoms with Gasteiger partial charge in [-0.3, -0.25) is 19.3 Å². The largest absolute Gasteiger partial charge is 0.301 e. The number of halogens is 1. The first kappa shape index (κ1) is 23.8. The summed E-state index contributed by atoms with van der Waals surface area (Å²) in [6, 6.07) is 21.5. The van der Waals surface area contributed by atoms with E-state index in [9.17, 15) is 14.4 Å². The Kier molecular flexibility index (Phi) is 5.88. The van der Waals surface area contributed by atoms with Crippen molar-refractivity contribution in [2.45, 2.75) is 25.6 Å². The number of β-lactam (4-membered cyclic amide) rings is 1. The van der Waals surface area contributed by atoms with E-state index in [2.05, 4.69) is 10.3 Å². The predicted molar refractivity (Wildman–Crippen MR) is 144 cm³/mol. The van der Waals surface area contributed by atoms with Crippen LogP contribution in [0.15, 0.2) is 85.1 Å². The summed E-state index contributed by atoms with van der Waals surface area (Å²) in [6.07, 6.45) is 5.63. The number of hydrogen-bond acceptors (Lipinski definition) is 5. The highest BCUT2D eigenvalue weighted by Crippen LogP contribution is 2.37. The molecule has 4 aromatic rings. The van der Waals surface area contributed by atoms with Crippen molar-refractivity contribution in [3.05, 3.63) is 112 Å². The van der Waals surface area contributed by atoms with Crippen molar-refractivity contribution in [2.24, 2.45) is 0 Å². The minimum Gasteiger partial charge on any atom is -0.301 e. The molecule has 1 saturated heterocycles. The average Bonchev–Trinajstić information content (AvgIpc) is 3.46. The number of carbonyl (C=O) groups excluding carboxylic acids is 3. The number of benzene rings is 3. The Morgan fingerprint density at radius 3 is 2.50 bits per heavy atom. The highest BCUT2D eigenvalue weighted by molar-refractivity contribution is 6.52. The fraction of sp³-hybridized carbons (Fsp3) is 0.138. The molecule has 38 heavy (non-hydrogen) atoms. The number of carbonyl (C=O) groups is 3. The molecule has 0 aliphatic carbocycles. The maximum atomic E-state index is 13.4. The van der Waals surface area contributed by atoms with E-state index in [1.807, 2.05) is 73.7 Å². The lowest BCUT2D eigenvalue weighted by Gasteiger charge is -2.45. The van der Waals surface area contributed by atoms with Crippen LogP contribution in [0.2, 0.25) is 5.02 Å². The summed E-state index contributed by atoms with van der Waals surface area (Å²) >= 11 is 6.01. The van der Waals surface area contributed by atoms with E-state index in [4.69, 9.17) is 11.6 Å². The number of nitrogens with zero attached hydrogens (tertiary/aromatic N) is 5. The van der Waals surface area contributed by atoms with Gasteiger partial charge in [0.25, 0.3) is 17.6 Å². The molecule has 3 aromatic carbocycles. The van der Waals surface area contributed by atoms with E-state index in [-0.39, 0.29) is 24.1 Å². The van der Waals surface area contributed by atoms with E-state index in [0.29, 0.717) is 16.4 Å². The smallest absolute Gasteiger partial charge is 0.299 e. The maximum Gasteiger partial charge on any atom is 0.299 e. The van der Waals surface area contributed by atoms with Crippen LogP contribution in [0.3, 0.4) is 0 Å². The van der Waals surface area contributed by atoms with Crippen molar-refractivity contribution >= 4 is 46.6 Å². The zero-order chi connectivity index (χ0) is 26.4. The van der Waals surface area contributed by atoms with Crippen molar-refractivity contribution in [1.82, 2.24) is 15.0 Å². The first-order chi connectivity index (χ1) is 18.4. The summed E-state index contributed by atoms with van der Waals surface area (Å²) in [5.74, 6) is -1.37. The second kappa shape index (κ2) is 9.39. The lowest BCUT2D eigenvalue weighted by atomic mass is 9.92. The molecule has 1 aromatic heterocycles. The summed E-state index contributed by atoms with van der Waals surface area (Å²) in [6.45, 7) is 2.05. The molecule has 2 aliphatic heterocycles. The summed E-state index contributed by atoms with van der Waals surface area (Å²) < 4.78 is 1.54. The van der Waals surface area contributed by atoms with Crippen molar-refractivity contribution in [3.63, 3.8) is 0 Å². The Morgan fingerprint density at radius 2 is 1.74 bits per heavy atom. The normalized spacial score (nSPS) is 18.8. The Balaban J connectivity index is 1.28. The van der Waals surface area contributed by atoms with Gasteiger partial charge in [-0.25, -0.2) is 4.68 Å². The van der Waals surface area contributed by atoms with Gasteiger partial charge < -0.3 is 4.90 Å². The summed E-state index contributed by atoms with van der Waals surface area (Å²) in [5.41, 5.74) is 4.13. The number of ketones is 1. The van der Waals surface area contributed by atoms with Crippen LogP contribution < -0.4 is 9.80 Å². The number of Topliss-reactive ketones (excluding diaryl/α,β-unsaturated/α-hetero) is 1. The molecule has 2 aliphatic rings. The Hall–Kier alpha value is -4.56. The van der Waals surface area contributed by atoms with Gasteiger partial charge >= 0.3 is 0 Å². The molecule has 188 valence electrons. The first-order valence-corrected chi connectivity index (χ1v) is 12.5. The van der Waals surface area contributed by atoms with Gasteiger partial charge in [0.2, 0.25) is 0 Å². The van der Waals surface area contributed by atoms with Gasteiger partial charge in [-0.05, 0) is 42.8 Å². The number of fused-ring (bicyclic) bond motifs is 1. The Labute approximate surface area is 223 Å². The fourth-order valence-corrected chi connectivity index (χ4v) is 5.02. The van der Waals surface area contributed by atoms with Crippen molar-refractivity contribution < 1.29 is 14.4 Å². The quantitative estimate of drug-likeness (QED) is 0.271. The zero-order valence-electron chi connectivity index (χ0n) is 20.4. The minimum atomic E-state index is -0.647. The van der Waals surface area contributed by atoms with Gasteiger partial charge in [0.15, 0.2) is 6.04 Å². The highest BCUT2D eigenvalue weighted by Gasteiger charge is 2.49. The van der Waals surface area contributed by atoms with E-state index >= 15 is 0 Å². The number of rotatable bonds is 6. The molecule has 0 saturated carbocycles. The third-order valence-corrected chi connectivity index (χ3v) is 7.04. The topological polar surface area (TPSA) is 88.4 Å². The molecule has 2 amide bonds. The second-order valence-corrected chi connectivity index (χ2v) is 9.76. The number of aryl methyl sites for hydroxylation is 1. The SMILES string of the molecule is Cc1ccc(N2C(=O)[C@@H](n3cc(CN4C(=O)C(=O)c5cc(Cl)ccc54)nn3)[C@H]2/C=C/c2ccccc2)cc1. The molecule has 0 radical (unpaired) electrons. The van der Waals surface area contributed by atoms with Crippen molar-refractivity contribution in [3.8, 4) is 0 Å². The van der Waals surface area contributed by atoms with Crippen LogP contribution in [0.4, 0.5) is 11.4 Å². The van der Waals surface area contributed by atoms with Crippen LogP contribution in [-0.4, -0.2) is 38.6 Å². The fourth-order valence-electron chi connectivity index (χ4n) is 4.85. The number of amides is 2. The van der Waals surface area contributed by atoms with Gasteiger partial charge in [0, 0.05) is 10.7 Å². The Morgan fingerprint density at radius 1 is 0.974 bits per heavy atom. The summed E-state index contributed by atoms with van der Waals surface area (Å²) in [4.78, 5) is 41.6. The number of hydrogen-bond donors (Lipinski definition) is 0. The van der Waals surface area contributed by atoms with Crippen LogP contribution in [0.1, 0.15) is 33.2 Å². The van der Waals surface area contributed by atoms with Crippen LogP contribution in [0, 0.1) is 6.92 Å². The minimum absolute atomic E-state index is 0.0479. The summed E-state index contributed by atoms with van der Waals surface area (Å²) in [7, 11) is 0. The van der Waals surface area contributed by atoms with Crippen LogP contribution in [-0.2, 0) is 16.1 Å². The zero-order valence-corrected chi connectivity index (χ0v) is 21.1. The molecule has 6 rings (SSSR count). The monoisotopic (exact) mass is 523 g/mol. The highest BCUT2D eigenvalue weighted by atomic mass is 35.5. The lowest BCUT2D eigenvalue weighted by Crippen LogP contribution is -2.61. The standard InChI is InChI=1S/C29H22ClN5O3/c1-18-7-11-22(12-8-18)35-25(13-9-19-5-3-2-4-6-19)26(28(35)37)34-17-21(31-32-34)16-33-24-14-10-20(30)15-23(24)27(36)29(33)38/h2-15,17,25-26H,16H2,1H3/b13-9+/t25-,26+/m1/s1. The molecule has 8 nitrogen and oxygen atoms in total. The van der Waals surface area contributed by atoms with Gasteiger partial charge in [-0.15, -0.1) is 5.10 Å². The molecule has 2 atom stereocenters.